The lowest BCUT2D eigenvalue weighted by atomic mass is 10.0. The highest BCUT2D eigenvalue weighted by atomic mass is 19.1. The summed E-state index contributed by atoms with van der Waals surface area (Å²) < 4.78 is 15.1. The van der Waals surface area contributed by atoms with E-state index < -0.39 is 18.5 Å². The van der Waals surface area contributed by atoms with E-state index in [1.165, 1.54) is 12.1 Å². The molecule has 96 valence electrons. The molecule has 0 aliphatic carbocycles. The molecule has 2 aromatic rings. The van der Waals surface area contributed by atoms with E-state index in [9.17, 15) is 9.18 Å². The standard InChI is InChI=1S/C13H15FN2O2/c1-2-16-6-10(13(18)11(15)7-17)9-5-8(14)3-4-12(9)16/h3-6,11,17H,2,7,15H2,1H3. The number of benzene rings is 1. The predicted molar refractivity (Wildman–Crippen MR) is 67.0 cm³/mol. The Morgan fingerprint density at radius 2 is 2.28 bits per heavy atom. The number of carbonyl (C=O) groups excluding carboxylic acids is 1. The van der Waals surface area contributed by atoms with Gasteiger partial charge < -0.3 is 15.4 Å². The number of halogens is 1. The van der Waals surface area contributed by atoms with Gasteiger partial charge in [-0.25, -0.2) is 4.39 Å². The molecule has 4 nitrogen and oxygen atoms in total. The van der Waals surface area contributed by atoms with E-state index in [1.54, 1.807) is 12.3 Å². The Morgan fingerprint density at radius 3 is 2.89 bits per heavy atom. The number of ketones is 1. The molecule has 1 aromatic carbocycles. The highest BCUT2D eigenvalue weighted by Crippen LogP contribution is 2.23. The van der Waals surface area contributed by atoms with Gasteiger partial charge in [-0.1, -0.05) is 0 Å². The maximum atomic E-state index is 13.3. The Hall–Kier alpha value is -1.72. The topological polar surface area (TPSA) is 68.2 Å². The number of nitrogens with two attached hydrogens (primary N) is 1. The van der Waals surface area contributed by atoms with Gasteiger partial charge in [-0.15, -0.1) is 0 Å². The number of rotatable bonds is 4. The number of Topliss-reactive ketones (excluding diaryl/α,β-unsaturated/α-hetero) is 1. The van der Waals surface area contributed by atoms with E-state index in [4.69, 9.17) is 10.8 Å². The third kappa shape index (κ3) is 2.02. The van der Waals surface area contributed by atoms with Crippen LogP contribution in [0.2, 0.25) is 0 Å². The fraction of sp³-hybridized carbons (Fsp3) is 0.308. The van der Waals surface area contributed by atoms with Gasteiger partial charge >= 0.3 is 0 Å². The average Bonchev–Trinajstić information content (AvgIpc) is 2.74. The molecule has 0 saturated heterocycles. The summed E-state index contributed by atoms with van der Waals surface area (Å²) in [5.74, 6) is -0.775. The molecule has 0 saturated carbocycles. The molecule has 0 spiro atoms. The quantitative estimate of drug-likeness (QED) is 0.804. The largest absolute Gasteiger partial charge is 0.394 e. The fourth-order valence-corrected chi connectivity index (χ4v) is 2.01. The lowest BCUT2D eigenvalue weighted by molar-refractivity contribution is 0.0927. The number of hydrogen-bond acceptors (Lipinski definition) is 3. The SMILES string of the molecule is CCn1cc(C(=O)C(N)CO)c2cc(F)ccc21. The van der Waals surface area contributed by atoms with E-state index in [-0.39, 0.29) is 5.78 Å². The molecule has 2 rings (SSSR count). The number of aromatic nitrogens is 1. The van der Waals surface area contributed by atoms with Gasteiger partial charge in [0.25, 0.3) is 0 Å². The predicted octanol–water partition coefficient (Wildman–Crippen LogP) is 1.30. The molecule has 3 N–H and O–H groups in total. The minimum absolute atomic E-state index is 0.355. The lowest BCUT2D eigenvalue weighted by Crippen LogP contribution is -2.33. The van der Waals surface area contributed by atoms with Crippen molar-refractivity contribution in [3.05, 3.63) is 35.8 Å². The number of hydrogen-bond donors (Lipinski definition) is 2. The van der Waals surface area contributed by atoms with Crippen LogP contribution in [-0.2, 0) is 6.54 Å². The second-order valence-electron chi connectivity index (χ2n) is 4.14. The summed E-state index contributed by atoms with van der Waals surface area (Å²) in [5.41, 5.74) is 6.66. The molecule has 0 radical (unpaired) electrons. The van der Waals surface area contributed by atoms with E-state index in [1.807, 2.05) is 11.5 Å². The van der Waals surface area contributed by atoms with Gasteiger partial charge in [0, 0.05) is 29.2 Å². The number of carbonyl (C=O) groups is 1. The molecule has 0 aliphatic heterocycles. The number of aryl methyl sites for hydroxylation is 1. The van der Waals surface area contributed by atoms with Crippen molar-refractivity contribution in [1.82, 2.24) is 4.57 Å². The van der Waals surface area contributed by atoms with Gasteiger partial charge in [0.2, 0.25) is 0 Å². The van der Waals surface area contributed by atoms with Crippen LogP contribution in [0.5, 0.6) is 0 Å². The Labute approximate surface area is 104 Å². The minimum Gasteiger partial charge on any atom is -0.394 e. The van der Waals surface area contributed by atoms with Gasteiger partial charge in [0.1, 0.15) is 5.82 Å². The van der Waals surface area contributed by atoms with Crippen molar-refractivity contribution in [2.75, 3.05) is 6.61 Å². The van der Waals surface area contributed by atoms with Gasteiger partial charge in [-0.2, -0.15) is 0 Å². The number of fused-ring (bicyclic) bond motifs is 1. The highest BCUT2D eigenvalue weighted by molar-refractivity contribution is 6.10. The van der Waals surface area contributed by atoms with Crippen LogP contribution in [0, 0.1) is 5.82 Å². The first kappa shape index (κ1) is 12.7. The summed E-state index contributed by atoms with van der Waals surface area (Å²) in [4.78, 5) is 12.0. The zero-order valence-electron chi connectivity index (χ0n) is 10.1. The van der Waals surface area contributed by atoms with E-state index in [0.29, 0.717) is 17.5 Å². The Bertz CT molecular complexity index is 592. The monoisotopic (exact) mass is 250 g/mol. The van der Waals surface area contributed by atoms with E-state index >= 15 is 0 Å². The third-order valence-corrected chi connectivity index (χ3v) is 2.98. The second kappa shape index (κ2) is 4.88. The Morgan fingerprint density at radius 1 is 1.56 bits per heavy atom. The van der Waals surface area contributed by atoms with Crippen molar-refractivity contribution in [3.63, 3.8) is 0 Å². The molecule has 0 fully saturated rings. The average molecular weight is 250 g/mol. The molecule has 0 bridgehead atoms. The van der Waals surface area contributed by atoms with Gasteiger partial charge in [0.05, 0.1) is 12.6 Å². The molecule has 1 aromatic heterocycles. The lowest BCUT2D eigenvalue weighted by Gasteiger charge is -2.05. The summed E-state index contributed by atoms with van der Waals surface area (Å²) in [6.45, 7) is 2.18. The van der Waals surface area contributed by atoms with Gasteiger partial charge in [-0.05, 0) is 25.1 Å². The van der Waals surface area contributed by atoms with Crippen LogP contribution in [0.25, 0.3) is 10.9 Å². The summed E-state index contributed by atoms with van der Waals surface area (Å²) in [5, 5.41) is 9.46. The van der Waals surface area contributed by atoms with Crippen molar-refractivity contribution in [2.45, 2.75) is 19.5 Å². The van der Waals surface area contributed by atoms with Crippen molar-refractivity contribution in [1.29, 1.82) is 0 Å². The van der Waals surface area contributed by atoms with Crippen LogP contribution in [0.1, 0.15) is 17.3 Å². The molecular formula is C13H15FN2O2. The Balaban J connectivity index is 2.63. The summed E-state index contributed by atoms with van der Waals surface area (Å²) in [6.07, 6.45) is 1.65. The highest BCUT2D eigenvalue weighted by Gasteiger charge is 2.20. The van der Waals surface area contributed by atoms with Gasteiger partial charge in [-0.3, -0.25) is 4.79 Å². The molecule has 5 heteroatoms. The van der Waals surface area contributed by atoms with E-state index in [2.05, 4.69) is 0 Å². The number of aliphatic hydroxyl groups excluding tert-OH is 1. The molecule has 18 heavy (non-hydrogen) atoms. The zero-order valence-corrected chi connectivity index (χ0v) is 10.1. The van der Waals surface area contributed by atoms with E-state index in [0.717, 1.165) is 5.52 Å². The normalized spacial score (nSPS) is 12.9. The molecule has 1 unspecified atom stereocenters. The fourth-order valence-electron chi connectivity index (χ4n) is 2.01. The van der Waals surface area contributed by atoms with Gasteiger partial charge in [0.15, 0.2) is 5.78 Å². The van der Waals surface area contributed by atoms with Crippen LogP contribution in [-0.4, -0.2) is 28.1 Å². The van der Waals surface area contributed by atoms with Crippen LogP contribution in [0.15, 0.2) is 24.4 Å². The minimum atomic E-state index is -0.968. The van der Waals surface area contributed by atoms with Crippen molar-refractivity contribution < 1.29 is 14.3 Å². The summed E-state index contributed by atoms with van der Waals surface area (Å²) >= 11 is 0. The maximum Gasteiger partial charge on any atom is 0.184 e. The van der Waals surface area contributed by atoms with Crippen LogP contribution < -0.4 is 5.73 Å². The van der Waals surface area contributed by atoms with Crippen molar-refractivity contribution in [2.24, 2.45) is 5.73 Å². The second-order valence-corrected chi connectivity index (χ2v) is 4.14. The van der Waals surface area contributed by atoms with Crippen LogP contribution in [0.4, 0.5) is 4.39 Å². The van der Waals surface area contributed by atoms with Crippen LogP contribution in [0.3, 0.4) is 0 Å². The zero-order chi connectivity index (χ0) is 13.3. The first-order chi connectivity index (χ1) is 8.58. The smallest absolute Gasteiger partial charge is 0.184 e. The van der Waals surface area contributed by atoms with Crippen LogP contribution >= 0.6 is 0 Å². The summed E-state index contributed by atoms with van der Waals surface area (Å²) in [7, 11) is 0. The van der Waals surface area contributed by atoms with Crippen molar-refractivity contribution >= 4 is 16.7 Å². The third-order valence-electron chi connectivity index (χ3n) is 2.98. The first-order valence-electron chi connectivity index (χ1n) is 5.77. The molecule has 0 amide bonds. The molecule has 0 aliphatic rings. The number of nitrogens with zero attached hydrogens (tertiary/aromatic N) is 1. The van der Waals surface area contributed by atoms with Crippen molar-refractivity contribution in [3.8, 4) is 0 Å². The Kier molecular flexibility index (Phi) is 3.45. The molecular weight excluding hydrogens is 235 g/mol. The first-order valence-corrected chi connectivity index (χ1v) is 5.77. The summed E-state index contributed by atoms with van der Waals surface area (Å²) in [6, 6.07) is 3.34. The molecule has 1 atom stereocenters. The number of aliphatic hydroxyl groups is 1. The molecule has 1 heterocycles. The maximum absolute atomic E-state index is 13.3.